The van der Waals surface area contributed by atoms with Gasteiger partial charge in [0.05, 0.1) is 0 Å². The van der Waals surface area contributed by atoms with Crippen LogP contribution in [0, 0.1) is 12.8 Å². The van der Waals surface area contributed by atoms with Gasteiger partial charge in [0.25, 0.3) is 5.91 Å². The molecule has 1 fully saturated rings. The Hall–Kier alpha value is -2.79. The van der Waals surface area contributed by atoms with E-state index in [1.54, 1.807) is 18.2 Å². The van der Waals surface area contributed by atoms with Crippen LogP contribution in [-0.2, 0) is 4.79 Å². The fourth-order valence-corrected chi connectivity index (χ4v) is 4.20. The molecule has 36 heavy (non-hydrogen) atoms. The second-order valence-electron chi connectivity index (χ2n) is 8.63. The van der Waals surface area contributed by atoms with E-state index in [0.717, 1.165) is 43.6 Å². The van der Waals surface area contributed by atoms with Gasteiger partial charge in [-0.05, 0) is 56.7 Å². The average molecular weight is 550 g/mol. The number of anilines is 2. The molecule has 2 aromatic rings. The maximum Gasteiger partial charge on any atom is 0.490 e. The minimum Gasteiger partial charge on any atom is -0.475 e. The zero-order valence-corrected chi connectivity index (χ0v) is 21.5. The molecule has 1 heterocycles. The number of aromatic nitrogens is 2. The molecule has 8 nitrogen and oxygen atoms in total. The van der Waals surface area contributed by atoms with Crippen LogP contribution in [0.3, 0.4) is 0 Å². The van der Waals surface area contributed by atoms with Gasteiger partial charge in [-0.15, -0.1) is 0 Å². The summed E-state index contributed by atoms with van der Waals surface area (Å²) < 4.78 is 31.7. The van der Waals surface area contributed by atoms with Crippen LogP contribution in [-0.4, -0.2) is 59.8 Å². The van der Waals surface area contributed by atoms with Gasteiger partial charge in [0.15, 0.2) is 0 Å². The van der Waals surface area contributed by atoms with E-state index in [2.05, 4.69) is 20.6 Å². The summed E-state index contributed by atoms with van der Waals surface area (Å²) in [6.45, 7) is 2.84. The third kappa shape index (κ3) is 9.34. The lowest BCUT2D eigenvalue weighted by molar-refractivity contribution is -0.192. The van der Waals surface area contributed by atoms with Crippen molar-refractivity contribution in [1.82, 2.24) is 15.3 Å². The number of hydrogen-bond acceptors (Lipinski definition) is 6. The predicted molar refractivity (Wildman–Crippen MR) is 133 cm³/mol. The van der Waals surface area contributed by atoms with Crippen LogP contribution in [0.15, 0.2) is 24.4 Å². The Labute approximate surface area is 217 Å². The lowest BCUT2D eigenvalue weighted by Crippen LogP contribution is -2.38. The fourth-order valence-electron chi connectivity index (χ4n) is 3.67. The quantitative estimate of drug-likeness (QED) is 0.455. The highest BCUT2D eigenvalue weighted by Crippen LogP contribution is 2.26. The summed E-state index contributed by atoms with van der Waals surface area (Å²) in [5.74, 6) is -0.758. The third-order valence-corrected chi connectivity index (χ3v) is 5.90. The first-order chi connectivity index (χ1) is 16.8. The van der Waals surface area contributed by atoms with Crippen molar-refractivity contribution in [3.05, 3.63) is 45.6 Å². The molecule has 13 heteroatoms. The lowest BCUT2D eigenvalue weighted by atomic mass is 9.86. The van der Waals surface area contributed by atoms with E-state index in [-0.39, 0.29) is 11.9 Å². The Kier molecular flexibility index (Phi) is 10.6. The standard InChI is InChI=1S/C21H27Cl2N5O.C2HF3O2/c1-13-11-24-21(27-19(13)28(2)3)25-12-14-4-6-18(7-5-14)26-20(29)15-8-16(22)10-17(23)9-15;3-2(4,5)1(6)7/h8-11,14,18H,4-7,12H2,1-3H3,(H,26,29)(H,24,25,27);(H,6,7). The molecule has 1 aliphatic rings. The lowest BCUT2D eigenvalue weighted by Gasteiger charge is -2.29. The van der Waals surface area contributed by atoms with Crippen LogP contribution in [0.25, 0.3) is 0 Å². The van der Waals surface area contributed by atoms with Gasteiger partial charge in [0.2, 0.25) is 5.95 Å². The first-order valence-corrected chi connectivity index (χ1v) is 11.8. The van der Waals surface area contributed by atoms with E-state index in [1.807, 2.05) is 32.1 Å². The van der Waals surface area contributed by atoms with Crippen molar-refractivity contribution in [2.75, 3.05) is 30.9 Å². The van der Waals surface area contributed by atoms with Crippen molar-refractivity contribution in [2.24, 2.45) is 5.92 Å². The van der Waals surface area contributed by atoms with Crippen molar-refractivity contribution >= 4 is 46.8 Å². The number of nitrogens with zero attached hydrogens (tertiary/aromatic N) is 3. The largest absolute Gasteiger partial charge is 0.490 e. The van der Waals surface area contributed by atoms with Crippen LogP contribution in [0.4, 0.5) is 24.9 Å². The zero-order valence-electron chi connectivity index (χ0n) is 20.0. The van der Waals surface area contributed by atoms with Gasteiger partial charge in [0, 0.05) is 54.1 Å². The number of carbonyl (C=O) groups is 2. The number of halogens is 5. The van der Waals surface area contributed by atoms with Crippen LogP contribution >= 0.6 is 23.2 Å². The summed E-state index contributed by atoms with van der Waals surface area (Å²) in [5.41, 5.74) is 1.55. The predicted octanol–water partition coefficient (Wildman–Crippen LogP) is 5.19. The Morgan fingerprint density at radius 1 is 1.11 bits per heavy atom. The van der Waals surface area contributed by atoms with Gasteiger partial charge in [-0.3, -0.25) is 4.79 Å². The number of benzene rings is 1. The topological polar surface area (TPSA) is 107 Å². The number of carbonyl (C=O) groups excluding carboxylic acids is 1. The van der Waals surface area contributed by atoms with Crippen LogP contribution in [0.1, 0.15) is 41.6 Å². The summed E-state index contributed by atoms with van der Waals surface area (Å²) >= 11 is 12.0. The SMILES string of the molecule is Cc1cnc(NCC2CCC(NC(=O)c3cc(Cl)cc(Cl)c3)CC2)nc1N(C)C.O=C(O)C(F)(F)F. The number of nitrogens with one attached hydrogen (secondary N) is 2. The maximum absolute atomic E-state index is 12.5. The van der Waals surface area contributed by atoms with E-state index in [0.29, 0.717) is 27.5 Å². The van der Waals surface area contributed by atoms with E-state index in [4.69, 9.17) is 33.1 Å². The van der Waals surface area contributed by atoms with Gasteiger partial charge in [-0.1, -0.05) is 23.2 Å². The molecule has 1 aliphatic carbocycles. The third-order valence-electron chi connectivity index (χ3n) is 5.47. The van der Waals surface area contributed by atoms with E-state index in [1.165, 1.54) is 0 Å². The molecule has 0 radical (unpaired) electrons. The van der Waals surface area contributed by atoms with Gasteiger partial charge in [-0.25, -0.2) is 9.78 Å². The normalized spacial score (nSPS) is 17.4. The molecule has 0 spiro atoms. The van der Waals surface area contributed by atoms with Crippen molar-refractivity contribution in [3.8, 4) is 0 Å². The number of aryl methyl sites for hydroxylation is 1. The van der Waals surface area contributed by atoms with Crippen molar-refractivity contribution in [2.45, 2.75) is 44.8 Å². The molecule has 0 aliphatic heterocycles. The molecule has 0 saturated heterocycles. The van der Waals surface area contributed by atoms with Gasteiger partial charge in [-0.2, -0.15) is 18.2 Å². The fraction of sp³-hybridized carbons (Fsp3) is 0.478. The number of aliphatic carboxylic acids is 1. The van der Waals surface area contributed by atoms with Crippen LogP contribution in [0.2, 0.25) is 10.0 Å². The molecule has 1 aromatic heterocycles. The Bertz CT molecular complexity index is 1040. The molecule has 1 aromatic carbocycles. The van der Waals surface area contributed by atoms with E-state index in [9.17, 15) is 18.0 Å². The second kappa shape index (κ2) is 13.0. The zero-order chi connectivity index (χ0) is 27.0. The summed E-state index contributed by atoms with van der Waals surface area (Å²) in [6, 6.07) is 5.08. The van der Waals surface area contributed by atoms with Gasteiger partial charge < -0.3 is 20.6 Å². The van der Waals surface area contributed by atoms with Gasteiger partial charge in [0.1, 0.15) is 5.82 Å². The van der Waals surface area contributed by atoms with Crippen LogP contribution in [0.5, 0.6) is 0 Å². The number of carboxylic acids is 1. The molecule has 3 rings (SSSR count). The molecular formula is C23H28Cl2F3N5O3. The van der Waals surface area contributed by atoms with Crippen LogP contribution < -0.4 is 15.5 Å². The Balaban J connectivity index is 0.000000572. The molecular weight excluding hydrogens is 522 g/mol. The Morgan fingerprint density at radius 2 is 1.67 bits per heavy atom. The van der Waals surface area contributed by atoms with Crippen molar-refractivity contribution in [1.29, 1.82) is 0 Å². The number of rotatable bonds is 6. The minimum absolute atomic E-state index is 0.125. The van der Waals surface area contributed by atoms with Crippen molar-refractivity contribution in [3.63, 3.8) is 0 Å². The highest BCUT2D eigenvalue weighted by molar-refractivity contribution is 6.35. The molecule has 3 N–H and O–H groups in total. The molecule has 1 amide bonds. The number of hydrogen-bond donors (Lipinski definition) is 3. The number of carboxylic acid groups (broad SMARTS) is 1. The van der Waals surface area contributed by atoms with E-state index < -0.39 is 12.1 Å². The number of alkyl halides is 3. The highest BCUT2D eigenvalue weighted by atomic mass is 35.5. The second-order valence-corrected chi connectivity index (χ2v) is 9.50. The molecule has 0 bridgehead atoms. The summed E-state index contributed by atoms with van der Waals surface area (Å²) in [5, 5.41) is 14.5. The average Bonchev–Trinajstić information content (AvgIpc) is 2.78. The molecule has 0 atom stereocenters. The minimum atomic E-state index is -5.08. The van der Waals surface area contributed by atoms with Gasteiger partial charge >= 0.3 is 12.1 Å². The summed E-state index contributed by atoms with van der Waals surface area (Å²) in [6.07, 6.45) is 0.745. The highest BCUT2D eigenvalue weighted by Gasteiger charge is 2.38. The Morgan fingerprint density at radius 3 is 2.17 bits per heavy atom. The summed E-state index contributed by atoms with van der Waals surface area (Å²) in [4.78, 5) is 32.3. The molecule has 1 saturated carbocycles. The van der Waals surface area contributed by atoms with Crippen molar-refractivity contribution < 1.29 is 27.9 Å². The monoisotopic (exact) mass is 549 g/mol. The summed E-state index contributed by atoms with van der Waals surface area (Å²) in [7, 11) is 3.96. The molecule has 198 valence electrons. The van der Waals surface area contributed by atoms with E-state index >= 15 is 0 Å². The first-order valence-electron chi connectivity index (χ1n) is 11.1. The number of amides is 1. The first kappa shape index (κ1) is 29.4. The molecule has 0 unspecified atom stereocenters. The smallest absolute Gasteiger partial charge is 0.475 e. The maximum atomic E-state index is 12.5.